The molecule has 0 bridgehead atoms. The Morgan fingerprint density at radius 3 is 2.96 bits per heavy atom. The number of nitrogens with one attached hydrogen (secondary N) is 1. The van der Waals surface area contributed by atoms with Crippen LogP contribution in [0.25, 0.3) is 0 Å². The third kappa shape index (κ3) is 4.51. The molecule has 1 aliphatic rings. The Balaban J connectivity index is 1.74. The minimum Gasteiger partial charge on any atom is -0.494 e. The summed E-state index contributed by atoms with van der Waals surface area (Å²) < 4.78 is 17.7. The lowest BCUT2D eigenvalue weighted by Crippen LogP contribution is -2.30. The van der Waals surface area contributed by atoms with Crippen molar-refractivity contribution in [3.8, 4) is 11.5 Å². The lowest BCUT2D eigenvalue weighted by molar-refractivity contribution is 0.0942. The Kier molecular flexibility index (Phi) is 6.30. The van der Waals surface area contributed by atoms with Crippen LogP contribution < -0.4 is 20.3 Å². The van der Waals surface area contributed by atoms with Crippen molar-refractivity contribution in [3.05, 3.63) is 51.4 Å². The minimum atomic E-state index is -0.372. The van der Waals surface area contributed by atoms with Gasteiger partial charge in [0.25, 0.3) is 11.5 Å². The number of ether oxygens (including phenoxy) is 3. The summed E-state index contributed by atoms with van der Waals surface area (Å²) in [5.41, 5.74) is 1.82. The summed E-state index contributed by atoms with van der Waals surface area (Å²) in [6.45, 7) is 5.35. The van der Waals surface area contributed by atoms with Crippen molar-refractivity contribution < 1.29 is 19.0 Å². The quantitative estimate of drug-likeness (QED) is 0.739. The molecule has 0 saturated carbocycles. The SMILES string of the molecule is CCOc1cc2c(cc1CNC(=O)c1ccc(=O)n(CCOC)n1)O[C@H](C)C2. The average molecular weight is 387 g/mol. The van der Waals surface area contributed by atoms with Crippen LogP contribution in [0.5, 0.6) is 11.5 Å². The largest absolute Gasteiger partial charge is 0.494 e. The van der Waals surface area contributed by atoms with E-state index in [4.69, 9.17) is 14.2 Å². The van der Waals surface area contributed by atoms with Gasteiger partial charge in [-0.1, -0.05) is 0 Å². The fraction of sp³-hybridized carbons (Fsp3) is 0.450. The van der Waals surface area contributed by atoms with Gasteiger partial charge in [0.2, 0.25) is 0 Å². The lowest BCUT2D eigenvalue weighted by Gasteiger charge is -2.13. The Labute approximate surface area is 163 Å². The van der Waals surface area contributed by atoms with Gasteiger partial charge in [0, 0.05) is 37.3 Å². The first-order chi connectivity index (χ1) is 13.5. The van der Waals surface area contributed by atoms with E-state index in [0.717, 1.165) is 29.0 Å². The van der Waals surface area contributed by atoms with Gasteiger partial charge in [0.1, 0.15) is 23.3 Å². The molecule has 0 radical (unpaired) electrons. The fourth-order valence-electron chi connectivity index (χ4n) is 3.08. The van der Waals surface area contributed by atoms with Crippen LogP contribution >= 0.6 is 0 Å². The maximum Gasteiger partial charge on any atom is 0.271 e. The number of rotatable bonds is 8. The maximum absolute atomic E-state index is 12.5. The smallest absolute Gasteiger partial charge is 0.271 e. The van der Waals surface area contributed by atoms with E-state index in [1.807, 2.05) is 26.0 Å². The van der Waals surface area contributed by atoms with Crippen molar-refractivity contribution >= 4 is 5.91 Å². The summed E-state index contributed by atoms with van der Waals surface area (Å²) in [7, 11) is 1.54. The third-order valence-electron chi connectivity index (χ3n) is 4.42. The molecule has 0 saturated heterocycles. The predicted molar refractivity (Wildman–Crippen MR) is 103 cm³/mol. The Morgan fingerprint density at radius 1 is 1.39 bits per heavy atom. The summed E-state index contributed by atoms with van der Waals surface area (Å²) in [6.07, 6.45) is 0.973. The first kappa shape index (κ1) is 19.9. The van der Waals surface area contributed by atoms with Crippen LogP contribution in [0.4, 0.5) is 0 Å². The van der Waals surface area contributed by atoms with Gasteiger partial charge in [0.05, 0.1) is 19.8 Å². The Morgan fingerprint density at radius 2 is 2.21 bits per heavy atom. The number of nitrogens with zero attached hydrogens (tertiary/aromatic N) is 2. The molecule has 1 aromatic heterocycles. The van der Waals surface area contributed by atoms with Crippen molar-refractivity contribution in [2.45, 2.75) is 39.5 Å². The van der Waals surface area contributed by atoms with Gasteiger partial charge in [-0.15, -0.1) is 0 Å². The summed E-state index contributed by atoms with van der Waals surface area (Å²) in [5.74, 6) is 1.19. The third-order valence-corrected chi connectivity index (χ3v) is 4.42. The van der Waals surface area contributed by atoms with Crippen molar-refractivity contribution in [3.63, 3.8) is 0 Å². The van der Waals surface area contributed by atoms with Crippen LogP contribution in [0.15, 0.2) is 29.1 Å². The molecule has 0 unspecified atom stereocenters. The lowest BCUT2D eigenvalue weighted by atomic mass is 10.1. The molecule has 28 heavy (non-hydrogen) atoms. The number of carbonyl (C=O) groups is 1. The molecule has 8 heteroatoms. The van der Waals surface area contributed by atoms with E-state index in [2.05, 4.69) is 10.4 Å². The molecule has 1 N–H and O–H groups in total. The average Bonchev–Trinajstić information content (AvgIpc) is 3.04. The van der Waals surface area contributed by atoms with Crippen LogP contribution in [0.2, 0.25) is 0 Å². The van der Waals surface area contributed by atoms with E-state index in [1.54, 1.807) is 7.11 Å². The zero-order chi connectivity index (χ0) is 20.1. The molecule has 1 amide bonds. The highest BCUT2D eigenvalue weighted by Crippen LogP contribution is 2.35. The second kappa shape index (κ2) is 8.88. The van der Waals surface area contributed by atoms with Gasteiger partial charge in [0.15, 0.2) is 0 Å². The first-order valence-corrected chi connectivity index (χ1v) is 9.32. The predicted octanol–water partition coefficient (Wildman–Crippen LogP) is 1.54. The molecule has 0 aliphatic carbocycles. The highest BCUT2D eigenvalue weighted by atomic mass is 16.5. The minimum absolute atomic E-state index is 0.131. The Bertz CT molecular complexity index is 909. The monoisotopic (exact) mass is 387 g/mol. The van der Waals surface area contributed by atoms with Gasteiger partial charge in [-0.05, 0) is 32.0 Å². The molecular formula is C20H25N3O5. The van der Waals surface area contributed by atoms with Crippen LogP contribution in [0.1, 0.15) is 35.5 Å². The van der Waals surface area contributed by atoms with E-state index in [9.17, 15) is 9.59 Å². The molecule has 3 rings (SSSR count). The molecule has 0 spiro atoms. The zero-order valence-corrected chi connectivity index (χ0v) is 16.4. The highest BCUT2D eigenvalue weighted by Gasteiger charge is 2.22. The van der Waals surface area contributed by atoms with Gasteiger partial charge in [-0.3, -0.25) is 9.59 Å². The number of methoxy groups -OCH3 is 1. The number of aromatic nitrogens is 2. The van der Waals surface area contributed by atoms with E-state index in [0.29, 0.717) is 13.2 Å². The molecule has 1 atom stereocenters. The standard InChI is InChI=1S/C20H25N3O5/c1-4-27-17-10-14-9-13(2)28-18(14)11-15(17)12-21-20(25)16-5-6-19(24)23(22-16)7-8-26-3/h5-6,10-11,13H,4,7-9,12H2,1-3H3,(H,21,25)/t13-/m1/s1. The fourth-order valence-corrected chi connectivity index (χ4v) is 3.08. The van der Waals surface area contributed by atoms with Crippen molar-refractivity contribution in [1.29, 1.82) is 0 Å². The first-order valence-electron chi connectivity index (χ1n) is 9.32. The van der Waals surface area contributed by atoms with E-state index < -0.39 is 0 Å². The van der Waals surface area contributed by atoms with Crippen molar-refractivity contribution in [1.82, 2.24) is 15.1 Å². The summed E-state index contributed by atoms with van der Waals surface area (Å²) in [6, 6.07) is 6.63. The number of hydrogen-bond donors (Lipinski definition) is 1. The molecule has 1 aromatic carbocycles. The summed E-state index contributed by atoms with van der Waals surface area (Å²) in [5, 5.41) is 6.94. The molecule has 8 nitrogen and oxygen atoms in total. The van der Waals surface area contributed by atoms with Gasteiger partial charge >= 0.3 is 0 Å². The van der Waals surface area contributed by atoms with E-state index in [-0.39, 0.29) is 36.4 Å². The molecular weight excluding hydrogens is 362 g/mol. The van der Waals surface area contributed by atoms with E-state index >= 15 is 0 Å². The molecule has 0 fully saturated rings. The van der Waals surface area contributed by atoms with Crippen molar-refractivity contribution in [2.24, 2.45) is 0 Å². The number of amides is 1. The number of carbonyl (C=O) groups excluding carboxylic acids is 1. The van der Waals surface area contributed by atoms with E-state index in [1.165, 1.54) is 16.8 Å². The molecule has 2 heterocycles. The highest BCUT2D eigenvalue weighted by molar-refractivity contribution is 5.92. The topological polar surface area (TPSA) is 91.7 Å². The molecule has 150 valence electrons. The zero-order valence-electron chi connectivity index (χ0n) is 16.4. The van der Waals surface area contributed by atoms with Gasteiger partial charge in [-0.25, -0.2) is 4.68 Å². The van der Waals surface area contributed by atoms with Gasteiger partial charge in [-0.2, -0.15) is 5.10 Å². The number of benzene rings is 1. The maximum atomic E-state index is 12.5. The van der Waals surface area contributed by atoms with Crippen LogP contribution in [-0.4, -0.2) is 42.1 Å². The molecule has 1 aliphatic heterocycles. The second-order valence-electron chi connectivity index (χ2n) is 6.59. The Hall–Kier alpha value is -2.87. The van der Waals surface area contributed by atoms with Crippen LogP contribution in [0, 0.1) is 0 Å². The normalized spacial score (nSPS) is 15.0. The van der Waals surface area contributed by atoms with Crippen LogP contribution in [-0.2, 0) is 24.2 Å². The van der Waals surface area contributed by atoms with Crippen molar-refractivity contribution in [2.75, 3.05) is 20.3 Å². The molecule has 2 aromatic rings. The number of hydrogen-bond acceptors (Lipinski definition) is 6. The summed E-state index contributed by atoms with van der Waals surface area (Å²) in [4.78, 5) is 24.3. The summed E-state index contributed by atoms with van der Waals surface area (Å²) >= 11 is 0. The second-order valence-corrected chi connectivity index (χ2v) is 6.59. The van der Waals surface area contributed by atoms with Gasteiger partial charge < -0.3 is 19.5 Å². The van der Waals surface area contributed by atoms with Crippen LogP contribution in [0.3, 0.4) is 0 Å². The number of fused-ring (bicyclic) bond motifs is 1.